The van der Waals surface area contributed by atoms with Gasteiger partial charge in [0.1, 0.15) is 5.60 Å². The zero-order valence-electron chi connectivity index (χ0n) is 15.9. The van der Waals surface area contributed by atoms with Gasteiger partial charge in [-0.1, -0.05) is 29.3 Å². The van der Waals surface area contributed by atoms with Gasteiger partial charge in [0.2, 0.25) is 0 Å². The van der Waals surface area contributed by atoms with E-state index < -0.39 is 21.8 Å². The molecule has 0 aromatic heterocycles. The van der Waals surface area contributed by atoms with Crippen molar-refractivity contribution in [2.24, 2.45) is 5.92 Å². The van der Waals surface area contributed by atoms with Crippen LogP contribution >= 0.6 is 23.2 Å². The van der Waals surface area contributed by atoms with E-state index in [0.29, 0.717) is 29.4 Å². The normalized spacial score (nSPS) is 20.7. The Morgan fingerprint density at radius 3 is 2.48 bits per heavy atom. The minimum atomic E-state index is -3.51. The van der Waals surface area contributed by atoms with Crippen LogP contribution in [0.3, 0.4) is 0 Å². The average Bonchev–Trinajstić information content (AvgIpc) is 2.91. The third-order valence-corrected chi connectivity index (χ3v) is 5.56. The fourth-order valence-corrected chi connectivity index (χ4v) is 3.89. The van der Waals surface area contributed by atoms with E-state index in [-0.39, 0.29) is 18.6 Å². The molecular formula is C18H25Cl2NO5S. The van der Waals surface area contributed by atoms with E-state index in [1.165, 1.54) is 0 Å². The molecule has 0 aliphatic carbocycles. The maximum atomic E-state index is 12.7. The molecule has 0 bridgehead atoms. The van der Waals surface area contributed by atoms with Crippen LogP contribution in [-0.2, 0) is 19.0 Å². The molecule has 9 heteroatoms. The molecule has 1 fully saturated rings. The summed E-state index contributed by atoms with van der Waals surface area (Å²) in [4.78, 5) is 14.4. The van der Waals surface area contributed by atoms with Crippen molar-refractivity contribution in [2.45, 2.75) is 45.3 Å². The smallest absolute Gasteiger partial charge is 0.410 e. The van der Waals surface area contributed by atoms with Crippen LogP contribution in [0.1, 0.15) is 45.2 Å². The number of halogens is 2. The fourth-order valence-electron chi connectivity index (χ4n) is 3.18. The van der Waals surface area contributed by atoms with Crippen molar-refractivity contribution < 1.29 is 22.1 Å². The number of rotatable bonds is 5. The van der Waals surface area contributed by atoms with Crippen molar-refractivity contribution in [3.8, 4) is 0 Å². The minimum Gasteiger partial charge on any atom is -0.444 e. The van der Waals surface area contributed by atoms with Gasteiger partial charge in [-0.25, -0.2) is 4.79 Å². The Balaban J connectivity index is 2.26. The Hall–Kier alpha value is -1.02. The highest BCUT2D eigenvalue weighted by atomic mass is 35.5. The van der Waals surface area contributed by atoms with E-state index in [1.807, 2.05) is 26.8 Å². The highest BCUT2D eigenvalue weighted by Gasteiger charge is 2.40. The number of benzene rings is 1. The largest absolute Gasteiger partial charge is 0.444 e. The van der Waals surface area contributed by atoms with Gasteiger partial charge >= 0.3 is 6.09 Å². The number of hydrogen-bond acceptors (Lipinski definition) is 5. The number of hydrogen-bond donors (Lipinski definition) is 0. The third-order valence-electron chi connectivity index (χ3n) is 4.22. The molecule has 1 aromatic rings. The average molecular weight is 438 g/mol. The predicted molar refractivity (Wildman–Crippen MR) is 106 cm³/mol. The quantitative estimate of drug-likeness (QED) is 0.626. The molecule has 0 N–H and O–H groups in total. The summed E-state index contributed by atoms with van der Waals surface area (Å²) in [6.07, 6.45) is 1.80. The maximum absolute atomic E-state index is 12.7. The molecular weight excluding hydrogens is 413 g/mol. The van der Waals surface area contributed by atoms with Gasteiger partial charge in [0.25, 0.3) is 10.1 Å². The first-order valence-corrected chi connectivity index (χ1v) is 11.2. The number of likely N-dealkylation sites (tertiary alicyclic amines) is 1. The lowest BCUT2D eigenvalue weighted by Gasteiger charge is -2.31. The van der Waals surface area contributed by atoms with Crippen molar-refractivity contribution >= 4 is 39.4 Å². The second kappa shape index (κ2) is 8.55. The molecule has 2 atom stereocenters. The summed E-state index contributed by atoms with van der Waals surface area (Å²) in [5, 5.41) is 0.829. The molecule has 1 aliphatic heterocycles. The Kier molecular flexibility index (Phi) is 7.06. The summed E-state index contributed by atoms with van der Waals surface area (Å²) in [5.41, 5.74) is 0.216. The van der Waals surface area contributed by atoms with Gasteiger partial charge in [-0.3, -0.25) is 4.18 Å². The molecule has 2 rings (SSSR count). The minimum absolute atomic E-state index is 0.0107. The molecule has 1 amide bonds. The summed E-state index contributed by atoms with van der Waals surface area (Å²) < 4.78 is 32.9. The molecule has 27 heavy (non-hydrogen) atoms. The van der Waals surface area contributed by atoms with E-state index in [2.05, 4.69) is 0 Å². The number of nitrogens with zero attached hydrogens (tertiary/aromatic N) is 1. The number of carbonyl (C=O) groups excluding carboxylic acids is 1. The van der Waals surface area contributed by atoms with Crippen molar-refractivity contribution in [3.63, 3.8) is 0 Å². The molecule has 0 spiro atoms. The van der Waals surface area contributed by atoms with Crippen LogP contribution in [0.5, 0.6) is 0 Å². The molecule has 1 aromatic carbocycles. The Morgan fingerprint density at radius 2 is 1.93 bits per heavy atom. The van der Waals surface area contributed by atoms with Gasteiger partial charge in [-0.05, 0) is 57.2 Å². The van der Waals surface area contributed by atoms with E-state index in [4.69, 9.17) is 32.1 Å². The lowest BCUT2D eigenvalue weighted by Crippen LogP contribution is -2.37. The van der Waals surface area contributed by atoms with Gasteiger partial charge in [-0.2, -0.15) is 8.42 Å². The number of ether oxygens (including phenoxy) is 1. The fraction of sp³-hybridized carbons (Fsp3) is 0.611. The van der Waals surface area contributed by atoms with Crippen molar-refractivity contribution in [1.82, 2.24) is 4.90 Å². The highest BCUT2D eigenvalue weighted by molar-refractivity contribution is 7.85. The van der Waals surface area contributed by atoms with Crippen LogP contribution in [0, 0.1) is 5.92 Å². The molecule has 0 radical (unpaired) electrons. The SMILES string of the molecule is CC(C)(C)OC(=O)N1CC[C@@H](CCOS(C)(=O)=O)C1c1ccc(Cl)c(Cl)c1. The number of amides is 1. The molecule has 0 saturated carbocycles. The summed E-state index contributed by atoms with van der Waals surface area (Å²) in [6, 6.07) is 4.96. The first-order chi connectivity index (χ1) is 12.4. The van der Waals surface area contributed by atoms with Crippen LogP contribution in [0.25, 0.3) is 0 Å². The van der Waals surface area contributed by atoms with E-state index >= 15 is 0 Å². The molecule has 152 valence electrons. The van der Waals surface area contributed by atoms with Gasteiger partial charge in [-0.15, -0.1) is 0 Å². The standard InChI is InChI=1S/C18H25Cl2NO5S/c1-18(2,3)26-17(22)21-9-7-12(8-10-25-27(4,23)24)16(21)13-5-6-14(19)15(20)11-13/h5-6,11-12,16H,7-10H2,1-4H3/t12-,16?/m0/s1. The van der Waals surface area contributed by atoms with Gasteiger partial charge in [0, 0.05) is 6.54 Å². The van der Waals surface area contributed by atoms with Crippen LogP contribution in [-0.4, -0.2) is 44.4 Å². The van der Waals surface area contributed by atoms with E-state index in [1.54, 1.807) is 17.0 Å². The van der Waals surface area contributed by atoms with Crippen molar-refractivity contribution in [2.75, 3.05) is 19.4 Å². The Morgan fingerprint density at radius 1 is 1.26 bits per heavy atom. The summed E-state index contributed by atoms with van der Waals surface area (Å²) in [7, 11) is -3.51. The van der Waals surface area contributed by atoms with E-state index in [0.717, 1.165) is 11.8 Å². The Labute approximate surface area is 170 Å². The van der Waals surface area contributed by atoms with Crippen molar-refractivity contribution in [3.05, 3.63) is 33.8 Å². The summed E-state index contributed by atoms with van der Waals surface area (Å²) in [5.74, 6) is 0.0107. The zero-order chi connectivity index (χ0) is 20.4. The topological polar surface area (TPSA) is 72.9 Å². The molecule has 1 heterocycles. The lowest BCUT2D eigenvalue weighted by molar-refractivity contribution is 0.0200. The van der Waals surface area contributed by atoms with Gasteiger partial charge in [0.15, 0.2) is 0 Å². The van der Waals surface area contributed by atoms with Crippen LogP contribution in [0.15, 0.2) is 18.2 Å². The highest BCUT2D eigenvalue weighted by Crippen LogP contribution is 2.41. The Bertz CT molecular complexity index is 791. The molecule has 1 aliphatic rings. The monoisotopic (exact) mass is 437 g/mol. The number of carbonyl (C=O) groups is 1. The maximum Gasteiger partial charge on any atom is 0.410 e. The third kappa shape index (κ3) is 6.52. The zero-order valence-corrected chi connectivity index (χ0v) is 18.2. The second-order valence-electron chi connectivity index (χ2n) is 7.66. The van der Waals surface area contributed by atoms with Gasteiger partial charge in [0.05, 0.1) is 28.9 Å². The summed E-state index contributed by atoms with van der Waals surface area (Å²) in [6.45, 7) is 6.00. The van der Waals surface area contributed by atoms with Crippen LogP contribution in [0.4, 0.5) is 4.79 Å². The predicted octanol–water partition coefficient (Wildman–Crippen LogP) is 4.66. The summed E-state index contributed by atoms with van der Waals surface area (Å²) >= 11 is 12.2. The second-order valence-corrected chi connectivity index (χ2v) is 10.1. The first-order valence-electron chi connectivity index (χ1n) is 8.66. The lowest BCUT2D eigenvalue weighted by atomic mass is 9.91. The molecule has 6 nitrogen and oxygen atoms in total. The first kappa shape index (κ1) is 22.3. The molecule has 1 saturated heterocycles. The van der Waals surface area contributed by atoms with Crippen LogP contribution in [0.2, 0.25) is 10.0 Å². The van der Waals surface area contributed by atoms with E-state index in [9.17, 15) is 13.2 Å². The van der Waals surface area contributed by atoms with Crippen LogP contribution < -0.4 is 0 Å². The van der Waals surface area contributed by atoms with Crippen molar-refractivity contribution in [1.29, 1.82) is 0 Å². The van der Waals surface area contributed by atoms with Gasteiger partial charge < -0.3 is 9.64 Å². The molecule has 1 unspecified atom stereocenters.